The van der Waals surface area contributed by atoms with Crippen molar-refractivity contribution in [3.63, 3.8) is 0 Å². The smallest absolute Gasteiger partial charge is 0.300 e. The third-order valence-corrected chi connectivity index (χ3v) is 11.3. The number of H-pyrrole nitrogens is 2. The van der Waals surface area contributed by atoms with E-state index in [0.29, 0.717) is 77.4 Å². The molecule has 18 nitrogen and oxygen atoms in total. The quantitative estimate of drug-likeness (QED) is 0.0953. The Bertz CT molecular complexity index is 3810. The molecule has 4 aromatic carbocycles. The van der Waals surface area contributed by atoms with Crippen LogP contribution in [0.4, 0.5) is 11.6 Å². The highest BCUT2D eigenvalue weighted by atomic mass is 35.5. The second-order valence-electron chi connectivity index (χ2n) is 15.1. The number of hydrogen-bond donors (Lipinski definition) is 5. The van der Waals surface area contributed by atoms with Gasteiger partial charge in [0.15, 0.2) is 5.43 Å². The normalized spacial score (nSPS) is 11.7. The van der Waals surface area contributed by atoms with Crippen LogP contribution >= 0.6 is 34.8 Å². The van der Waals surface area contributed by atoms with Crippen molar-refractivity contribution in [3.8, 4) is 11.4 Å². The van der Waals surface area contributed by atoms with Gasteiger partial charge >= 0.3 is 0 Å². The summed E-state index contributed by atoms with van der Waals surface area (Å²) in [4.78, 5) is 93.2. The van der Waals surface area contributed by atoms with Crippen LogP contribution in [-0.2, 0) is 4.79 Å². The van der Waals surface area contributed by atoms with Crippen LogP contribution < -0.4 is 32.6 Å². The van der Waals surface area contributed by atoms with Gasteiger partial charge in [0.05, 0.1) is 55.3 Å². The van der Waals surface area contributed by atoms with E-state index in [9.17, 15) is 19.2 Å². The summed E-state index contributed by atoms with van der Waals surface area (Å²) < 4.78 is 3.03. The number of anilines is 2. The van der Waals surface area contributed by atoms with Crippen molar-refractivity contribution in [3.05, 3.63) is 196 Å². The average Bonchev–Trinajstić information content (AvgIpc) is 3.33. The van der Waals surface area contributed by atoms with Gasteiger partial charge in [-0.3, -0.25) is 33.1 Å². The highest BCUT2D eigenvalue weighted by molar-refractivity contribution is 6.35. The number of aliphatic carboxylic acids is 1. The van der Waals surface area contributed by atoms with E-state index in [4.69, 9.17) is 54.7 Å². The van der Waals surface area contributed by atoms with Crippen LogP contribution in [0, 0.1) is 0 Å². The zero-order valence-electron chi connectivity index (χ0n) is 36.5. The van der Waals surface area contributed by atoms with Crippen molar-refractivity contribution in [1.29, 1.82) is 0 Å². The fourth-order valence-corrected chi connectivity index (χ4v) is 8.09. The second-order valence-corrected chi connectivity index (χ2v) is 16.3. The molecule has 0 radical (unpaired) electrons. The molecule has 0 saturated heterocycles. The first kappa shape index (κ1) is 49.6. The number of rotatable bonds is 8. The number of fused-ring (bicyclic) bond motifs is 4. The topological polar surface area (TPSA) is 248 Å². The third kappa shape index (κ3) is 10.1. The number of aromatic nitrogens is 10. The molecule has 2 unspecified atom stereocenters. The average molecular weight is 1000 g/mol. The Balaban J connectivity index is 0.000000189. The van der Waals surface area contributed by atoms with Crippen molar-refractivity contribution in [2.75, 3.05) is 10.6 Å². The minimum atomic E-state index is -0.833. The summed E-state index contributed by atoms with van der Waals surface area (Å²) in [5.74, 6) is 0.668. The summed E-state index contributed by atoms with van der Waals surface area (Å²) in [6.45, 7) is 4.76. The SMILES string of the molecule is C.CC(=O)O.CC(Nc1ncnc2[nH]cc(Cl)c(=O)c12)c1nc2cccc(Cl)c2c(=O)n1-c1ccccc1.CC(Nc1ncnc2[nH]ccc(=O)c12)c1nc2cccc(Cl)c2c(=O)n1-c1ccccc1. The highest BCUT2D eigenvalue weighted by Crippen LogP contribution is 2.28. The zero-order valence-corrected chi connectivity index (χ0v) is 38.7. The minimum absolute atomic E-state index is 0. The number of carbonyl (C=O) groups is 1. The van der Waals surface area contributed by atoms with Crippen molar-refractivity contribution in [2.45, 2.75) is 40.3 Å². The maximum Gasteiger partial charge on any atom is 0.300 e. The molecule has 0 fully saturated rings. The first-order valence-corrected chi connectivity index (χ1v) is 22.0. The largest absolute Gasteiger partial charge is 0.481 e. The van der Waals surface area contributed by atoms with E-state index in [1.54, 1.807) is 36.4 Å². The van der Waals surface area contributed by atoms with Gasteiger partial charge in [-0.1, -0.05) is 90.8 Å². The number of nitrogens with one attached hydrogen (secondary N) is 4. The van der Waals surface area contributed by atoms with Crippen LogP contribution in [0.5, 0.6) is 0 Å². The Kier molecular flexibility index (Phi) is 15.1. The summed E-state index contributed by atoms with van der Waals surface area (Å²) in [6, 6.07) is 29.1. The summed E-state index contributed by atoms with van der Waals surface area (Å²) in [6.07, 6.45) is 5.62. The number of carboxylic acid groups (broad SMARTS) is 1. The molecule has 0 saturated carbocycles. The molecule has 6 heterocycles. The van der Waals surface area contributed by atoms with E-state index < -0.39 is 23.5 Å². The van der Waals surface area contributed by atoms with Crippen molar-refractivity contribution in [2.24, 2.45) is 0 Å². The maximum atomic E-state index is 13.6. The van der Waals surface area contributed by atoms with E-state index in [0.717, 1.165) is 6.92 Å². The molecule has 5 N–H and O–H groups in total. The molecule has 0 aliphatic heterocycles. The molecule has 2 atom stereocenters. The fourth-order valence-electron chi connectivity index (χ4n) is 7.44. The van der Waals surface area contributed by atoms with Gasteiger partial charge in [0, 0.05) is 25.4 Å². The third-order valence-electron chi connectivity index (χ3n) is 10.4. The van der Waals surface area contributed by atoms with Gasteiger partial charge in [-0.15, -0.1) is 0 Å². The van der Waals surface area contributed by atoms with Gasteiger partial charge < -0.3 is 25.7 Å². The molecule has 10 rings (SSSR count). The Morgan fingerprint density at radius 2 is 1.03 bits per heavy atom. The number of aromatic amines is 2. The van der Waals surface area contributed by atoms with Crippen molar-refractivity contribution < 1.29 is 9.90 Å². The van der Waals surface area contributed by atoms with Gasteiger partial charge in [0.1, 0.15) is 63.0 Å². The lowest BCUT2D eigenvalue weighted by atomic mass is 10.2. The van der Waals surface area contributed by atoms with Crippen LogP contribution in [0.2, 0.25) is 15.1 Å². The molecule has 0 aliphatic rings. The molecule has 70 heavy (non-hydrogen) atoms. The highest BCUT2D eigenvalue weighted by Gasteiger charge is 2.23. The lowest BCUT2D eigenvalue weighted by Crippen LogP contribution is -2.27. The molecule has 0 amide bonds. The Morgan fingerprint density at radius 3 is 1.50 bits per heavy atom. The number of pyridine rings is 2. The molecule has 0 bridgehead atoms. The minimum Gasteiger partial charge on any atom is -0.481 e. The zero-order chi connectivity index (χ0) is 48.9. The maximum absolute atomic E-state index is 13.6. The van der Waals surface area contributed by atoms with E-state index in [1.165, 1.54) is 40.2 Å². The Labute approximate surface area is 411 Å². The standard InChI is InChI=1S/C23H16Cl2N6O2.C23H17ClN6O2.C2H4O2.CH4/c1-12(29-21-18-19(32)15(25)10-26-20(18)27-11-28-21)22-30-16-9-5-8-14(24)17(16)23(33)31(22)13-6-3-2-4-7-13;1-13(28-21-19-17(31)10-11-25-20(19)26-12-27-21)22-29-16-9-5-8-15(24)18(16)23(32)30(22)14-6-3-2-4-7-14;1-2(3)4;/h2-12H,1H3,(H2,26,27,28,29,32);2-13H,1H3,(H2,25,26,27,28,31);1H3,(H,3,4);1H4. The van der Waals surface area contributed by atoms with E-state index >= 15 is 0 Å². The predicted molar refractivity (Wildman–Crippen MR) is 274 cm³/mol. The number of para-hydroxylation sites is 2. The Hall–Kier alpha value is -8.32. The lowest BCUT2D eigenvalue weighted by molar-refractivity contribution is -0.134. The fraction of sp³-hybridized carbons (Fsp3) is 0.122. The number of hydrogen-bond acceptors (Lipinski definition) is 13. The number of benzene rings is 4. The number of carboxylic acids is 1. The monoisotopic (exact) mass is 998 g/mol. The molecule has 354 valence electrons. The summed E-state index contributed by atoms with van der Waals surface area (Å²) in [5.41, 5.74) is 1.81. The van der Waals surface area contributed by atoms with E-state index in [-0.39, 0.29) is 40.2 Å². The molecule has 10 aromatic rings. The number of halogens is 3. The van der Waals surface area contributed by atoms with Crippen LogP contribution in [0.15, 0.2) is 147 Å². The van der Waals surface area contributed by atoms with E-state index in [1.807, 2.05) is 74.5 Å². The number of nitrogens with zero attached hydrogens (tertiary/aromatic N) is 8. The van der Waals surface area contributed by atoms with Gasteiger partial charge in [0.2, 0.25) is 5.43 Å². The van der Waals surface area contributed by atoms with Gasteiger partial charge in [0.25, 0.3) is 17.1 Å². The van der Waals surface area contributed by atoms with Crippen molar-refractivity contribution >= 4 is 96.3 Å². The molecule has 21 heteroatoms. The van der Waals surface area contributed by atoms with E-state index in [2.05, 4.69) is 40.5 Å². The van der Waals surface area contributed by atoms with Crippen LogP contribution in [-0.4, -0.2) is 60.1 Å². The molecular formula is C49H41Cl3N12O6. The summed E-state index contributed by atoms with van der Waals surface area (Å²) >= 11 is 18.7. The molecule has 0 aliphatic carbocycles. The van der Waals surface area contributed by atoms with Crippen LogP contribution in [0.25, 0.3) is 55.2 Å². The molecular weight excluding hydrogens is 959 g/mol. The predicted octanol–water partition coefficient (Wildman–Crippen LogP) is 9.07. The molecule has 6 aromatic heterocycles. The first-order valence-electron chi connectivity index (χ1n) is 20.8. The summed E-state index contributed by atoms with van der Waals surface area (Å²) in [7, 11) is 0. The van der Waals surface area contributed by atoms with Crippen LogP contribution in [0.1, 0.15) is 51.9 Å². The van der Waals surface area contributed by atoms with Gasteiger partial charge in [-0.05, 0) is 62.4 Å². The van der Waals surface area contributed by atoms with Crippen molar-refractivity contribution in [1.82, 2.24) is 49.0 Å². The second kappa shape index (κ2) is 21.3. The van der Waals surface area contributed by atoms with Gasteiger partial charge in [-0.25, -0.2) is 29.9 Å². The first-order chi connectivity index (χ1) is 33.2. The summed E-state index contributed by atoms with van der Waals surface area (Å²) in [5, 5.41) is 15.8. The molecule has 0 spiro atoms. The van der Waals surface area contributed by atoms with Crippen LogP contribution in [0.3, 0.4) is 0 Å². The lowest BCUT2D eigenvalue weighted by Gasteiger charge is -2.20. The van der Waals surface area contributed by atoms with Gasteiger partial charge in [-0.2, -0.15) is 0 Å². The Morgan fingerprint density at radius 1 is 0.586 bits per heavy atom.